The Morgan fingerprint density at radius 1 is 1.44 bits per heavy atom. The first-order valence-electron chi connectivity index (χ1n) is 5.81. The van der Waals surface area contributed by atoms with Crippen molar-refractivity contribution in [2.75, 3.05) is 20.2 Å². The fraction of sp³-hybridized carbons (Fsp3) is 0.538. The summed E-state index contributed by atoms with van der Waals surface area (Å²) in [6.45, 7) is 4.41. The van der Waals surface area contributed by atoms with Crippen LogP contribution < -0.4 is 10.1 Å². The van der Waals surface area contributed by atoms with Crippen molar-refractivity contribution in [3.05, 3.63) is 23.8 Å². The molecule has 1 aromatic carbocycles. The van der Waals surface area contributed by atoms with Gasteiger partial charge in [0.1, 0.15) is 5.75 Å². The van der Waals surface area contributed by atoms with Crippen molar-refractivity contribution in [1.82, 2.24) is 5.32 Å². The molecule has 0 bridgehead atoms. The summed E-state index contributed by atoms with van der Waals surface area (Å²) in [4.78, 5) is 1.35. The Hall–Kier alpha value is -0.670. The minimum atomic E-state index is 0.724. The Balaban J connectivity index is 2.01. The predicted molar refractivity (Wildman–Crippen MR) is 69.5 cm³/mol. The quantitative estimate of drug-likeness (QED) is 0.873. The zero-order chi connectivity index (χ0) is 11.4. The van der Waals surface area contributed by atoms with Crippen LogP contribution in [-0.4, -0.2) is 25.4 Å². The highest BCUT2D eigenvalue weighted by molar-refractivity contribution is 8.00. The largest absolute Gasteiger partial charge is 0.496 e. The van der Waals surface area contributed by atoms with Gasteiger partial charge >= 0.3 is 0 Å². The number of thioether (sulfide) groups is 1. The molecule has 1 N–H and O–H groups in total. The second-order valence-electron chi connectivity index (χ2n) is 4.22. The Labute approximate surface area is 102 Å². The SMILES string of the molecule is COc1ccc(SC2CCCNC2)cc1C. The first-order valence-corrected chi connectivity index (χ1v) is 6.69. The van der Waals surface area contributed by atoms with Gasteiger partial charge in [0.05, 0.1) is 7.11 Å². The molecule has 0 aromatic heterocycles. The van der Waals surface area contributed by atoms with Gasteiger partial charge in [0.2, 0.25) is 0 Å². The summed E-state index contributed by atoms with van der Waals surface area (Å²) >= 11 is 1.98. The number of nitrogens with one attached hydrogen (secondary N) is 1. The third-order valence-corrected chi connectivity index (χ3v) is 4.18. The van der Waals surface area contributed by atoms with Gasteiger partial charge in [0.25, 0.3) is 0 Å². The number of hydrogen-bond donors (Lipinski definition) is 1. The average molecular weight is 237 g/mol. The van der Waals surface area contributed by atoms with E-state index < -0.39 is 0 Å². The van der Waals surface area contributed by atoms with Crippen molar-refractivity contribution in [1.29, 1.82) is 0 Å². The van der Waals surface area contributed by atoms with Crippen LogP contribution in [0.2, 0.25) is 0 Å². The number of aryl methyl sites for hydroxylation is 1. The van der Waals surface area contributed by atoms with E-state index in [0.717, 1.165) is 17.5 Å². The number of methoxy groups -OCH3 is 1. The van der Waals surface area contributed by atoms with Crippen LogP contribution in [0.4, 0.5) is 0 Å². The molecule has 1 unspecified atom stereocenters. The lowest BCUT2D eigenvalue weighted by Gasteiger charge is -2.22. The second kappa shape index (κ2) is 5.60. The Morgan fingerprint density at radius 2 is 2.31 bits per heavy atom. The minimum absolute atomic E-state index is 0.724. The first-order chi connectivity index (χ1) is 7.79. The van der Waals surface area contributed by atoms with Crippen LogP contribution >= 0.6 is 11.8 Å². The molecule has 1 aliphatic heterocycles. The fourth-order valence-electron chi connectivity index (χ4n) is 2.04. The number of hydrogen-bond acceptors (Lipinski definition) is 3. The Morgan fingerprint density at radius 3 is 2.94 bits per heavy atom. The van der Waals surface area contributed by atoms with Crippen molar-refractivity contribution in [3.63, 3.8) is 0 Å². The first kappa shape index (κ1) is 11.8. The summed E-state index contributed by atoms with van der Waals surface area (Å²) in [6.07, 6.45) is 2.62. The van der Waals surface area contributed by atoms with E-state index in [-0.39, 0.29) is 0 Å². The van der Waals surface area contributed by atoms with Gasteiger partial charge in [-0.3, -0.25) is 0 Å². The Bertz CT molecular complexity index is 348. The van der Waals surface area contributed by atoms with Crippen molar-refractivity contribution in [2.24, 2.45) is 0 Å². The fourth-order valence-corrected chi connectivity index (χ4v) is 3.30. The molecule has 1 aliphatic rings. The minimum Gasteiger partial charge on any atom is -0.496 e. The molecule has 3 heteroatoms. The van der Waals surface area contributed by atoms with E-state index in [9.17, 15) is 0 Å². The molecular weight excluding hydrogens is 218 g/mol. The van der Waals surface area contributed by atoms with Crippen molar-refractivity contribution < 1.29 is 4.74 Å². The molecule has 1 fully saturated rings. The summed E-state index contributed by atoms with van der Waals surface area (Å²) in [6, 6.07) is 6.44. The van der Waals surface area contributed by atoms with Gasteiger partial charge in [0, 0.05) is 16.7 Å². The summed E-state index contributed by atoms with van der Waals surface area (Å²) in [5.74, 6) is 0.978. The van der Waals surface area contributed by atoms with Crippen molar-refractivity contribution >= 4 is 11.8 Å². The normalized spacial score (nSPS) is 20.8. The average Bonchev–Trinajstić information content (AvgIpc) is 2.31. The molecule has 0 saturated carbocycles. The molecule has 2 rings (SSSR count). The van der Waals surface area contributed by atoms with E-state index in [4.69, 9.17) is 4.74 Å². The topological polar surface area (TPSA) is 21.3 Å². The maximum atomic E-state index is 5.27. The van der Waals surface area contributed by atoms with E-state index in [1.807, 2.05) is 11.8 Å². The lowest BCUT2D eigenvalue weighted by molar-refractivity contribution is 0.411. The second-order valence-corrected chi connectivity index (χ2v) is 5.59. The molecule has 1 atom stereocenters. The Kier molecular flexibility index (Phi) is 4.13. The van der Waals surface area contributed by atoms with Gasteiger partial charge in [-0.05, 0) is 50.1 Å². The molecule has 16 heavy (non-hydrogen) atoms. The molecule has 0 spiro atoms. The van der Waals surface area contributed by atoms with Gasteiger partial charge in [0.15, 0.2) is 0 Å². The third-order valence-electron chi connectivity index (χ3n) is 2.92. The van der Waals surface area contributed by atoms with Crippen LogP contribution in [0.15, 0.2) is 23.1 Å². The van der Waals surface area contributed by atoms with Gasteiger partial charge in [-0.15, -0.1) is 11.8 Å². The van der Waals surface area contributed by atoms with Crippen LogP contribution in [0.5, 0.6) is 5.75 Å². The standard InChI is InChI=1S/C13H19NOS/c1-10-8-11(5-6-13(10)15-2)16-12-4-3-7-14-9-12/h5-6,8,12,14H,3-4,7,9H2,1-2H3. The molecule has 0 radical (unpaired) electrons. The molecule has 88 valence electrons. The molecule has 2 nitrogen and oxygen atoms in total. The predicted octanol–water partition coefficient (Wildman–Crippen LogP) is 2.85. The van der Waals surface area contributed by atoms with E-state index >= 15 is 0 Å². The zero-order valence-corrected chi connectivity index (χ0v) is 10.8. The molecule has 0 amide bonds. The smallest absolute Gasteiger partial charge is 0.121 e. The number of piperidine rings is 1. The van der Waals surface area contributed by atoms with Gasteiger partial charge < -0.3 is 10.1 Å². The molecule has 1 aromatic rings. The molecule has 1 heterocycles. The van der Waals surface area contributed by atoms with Crippen molar-refractivity contribution in [3.8, 4) is 5.75 Å². The number of rotatable bonds is 3. The maximum Gasteiger partial charge on any atom is 0.121 e. The lowest BCUT2D eigenvalue weighted by atomic mass is 10.2. The summed E-state index contributed by atoms with van der Waals surface area (Å²) < 4.78 is 5.27. The van der Waals surface area contributed by atoms with E-state index in [0.29, 0.717) is 0 Å². The van der Waals surface area contributed by atoms with Crippen molar-refractivity contribution in [2.45, 2.75) is 29.9 Å². The zero-order valence-electron chi connectivity index (χ0n) is 9.95. The van der Waals surface area contributed by atoms with Crippen LogP contribution in [0.3, 0.4) is 0 Å². The van der Waals surface area contributed by atoms with Crippen LogP contribution in [0.25, 0.3) is 0 Å². The number of ether oxygens (including phenoxy) is 1. The summed E-state index contributed by atoms with van der Waals surface area (Å²) in [5, 5.41) is 4.17. The monoisotopic (exact) mass is 237 g/mol. The highest BCUT2D eigenvalue weighted by Crippen LogP contribution is 2.30. The van der Waals surface area contributed by atoms with Gasteiger partial charge in [-0.1, -0.05) is 0 Å². The highest BCUT2D eigenvalue weighted by Gasteiger charge is 2.14. The highest BCUT2D eigenvalue weighted by atomic mass is 32.2. The summed E-state index contributed by atoms with van der Waals surface area (Å²) in [5.41, 5.74) is 1.22. The van der Waals surface area contributed by atoms with E-state index in [1.165, 1.54) is 29.8 Å². The molecular formula is C13H19NOS. The van der Waals surface area contributed by atoms with Gasteiger partial charge in [-0.25, -0.2) is 0 Å². The number of benzene rings is 1. The molecule has 1 saturated heterocycles. The van der Waals surface area contributed by atoms with Crippen LogP contribution in [-0.2, 0) is 0 Å². The molecule has 0 aliphatic carbocycles. The van der Waals surface area contributed by atoms with E-state index in [1.54, 1.807) is 7.11 Å². The third kappa shape index (κ3) is 2.92. The van der Waals surface area contributed by atoms with Crippen LogP contribution in [0.1, 0.15) is 18.4 Å². The maximum absolute atomic E-state index is 5.27. The summed E-state index contributed by atoms with van der Waals surface area (Å²) in [7, 11) is 1.72. The van der Waals surface area contributed by atoms with Gasteiger partial charge in [-0.2, -0.15) is 0 Å². The van der Waals surface area contributed by atoms with Crippen LogP contribution in [0, 0.1) is 6.92 Å². The lowest BCUT2D eigenvalue weighted by Crippen LogP contribution is -2.31. The van der Waals surface area contributed by atoms with E-state index in [2.05, 4.69) is 30.4 Å².